The van der Waals surface area contributed by atoms with Crippen LogP contribution in [-0.4, -0.2) is 42.0 Å². The average molecular weight is 308 g/mol. The van der Waals surface area contributed by atoms with Crippen LogP contribution in [0.1, 0.15) is 18.2 Å². The van der Waals surface area contributed by atoms with Crippen molar-refractivity contribution in [2.24, 2.45) is 0 Å². The Kier molecular flexibility index (Phi) is 4.91. The van der Waals surface area contributed by atoms with Gasteiger partial charge in [-0.2, -0.15) is 0 Å². The number of hydrogen-bond acceptors (Lipinski definition) is 3. The molecule has 0 unspecified atom stereocenters. The molecule has 1 saturated heterocycles. The van der Waals surface area contributed by atoms with Gasteiger partial charge in [0.25, 0.3) is 0 Å². The van der Waals surface area contributed by atoms with Crippen molar-refractivity contribution in [3.05, 3.63) is 59.9 Å². The van der Waals surface area contributed by atoms with Crippen LogP contribution in [0.15, 0.2) is 42.6 Å². The second-order valence-electron chi connectivity index (χ2n) is 5.91. The molecule has 0 bridgehead atoms. The molecule has 1 aliphatic heterocycles. The number of aromatic nitrogens is 1. The van der Waals surface area contributed by atoms with Gasteiger partial charge < -0.3 is 9.80 Å². The number of aryl methyl sites for hydroxylation is 2. The molecule has 0 atom stereocenters. The third-order valence-electron chi connectivity index (χ3n) is 4.34. The second-order valence-corrected chi connectivity index (χ2v) is 5.91. The normalized spacial score (nSPS) is 14.8. The summed E-state index contributed by atoms with van der Waals surface area (Å²) in [5, 5.41) is 0. The molecule has 4 heteroatoms. The Morgan fingerprint density at radius 2 is 2.00 bits per heavy atom. The number of pyridine rings is 1. The molecule has 4 nitrogen and oxygen atoms in total. The van der Waals surface area contributed by atoms with Crippen LogP contribution in [0.2, 0.25) is 0 Å². The minimum Gasteiger partial charge on any atom is -0.367 e. The molecule has 1 aromatic carbocycles. The highest BCUT2D eigenvalue weighted by molar-refractivity contribution is 5.73. The van der Waals surface area contributed by atoms with Crippen molar-refractivity contribution in [2.75, 3.05) is 31.1 Å². The number of amides is 1. The largest absolute Gasteiger partial charge is 0.367 e. The molecule has 0 aliphatic carbocycles. The zero-order valence-corrected chi connectivity index (χ0v) is 13.5. The predicted molar refractivity (Wildman–Crippen MR) is 91.4 cm³/mol. The highest BCUT2D eigenvalue weighted by Gasteiger charge is 2.18. The molecular weight excluding hydrogens is 286 g/mol. The van der Waals surface area contributed by atoms with Crippen LogP contribution in [0, 0.1) is 6.07 Å². The summed E-state index contributed by atoms with van der Waals surface area (Å²) < 4.78 is 0. The summed E-state index contributed by atoms with van der Waals surface area (Å²) in [4.78, 5) is 20.2. The Balaban J connectivity index is 1.54. The van der Waals surface area contributed by atoms with Gasteiger partial charge in [0.2, 0.25) is 5.91 Å². The van der Waals surface area contributed by atoms with Crippen LogP contribution in [0.5, 0.6) is 0 Å². The van der Waals surface area contributed by atoms with Crippen LogP contribution in [0.4, 0.5) is 5.69 Å². The first-order chi connectivity index (χ1) is 11.2. The Morgan fingerprint density at radius 3 is 2.61 bits per heavy atom. The summed E-state index contributed by atoms with van der Waals surface area (Å²) in [5.74, 6) is 0.163. The van der Waals surface area contributed by atoms with Gasteiger partial charge in [0, 0.05) is 38.8 Å². The first kappa shape index (κ1) is 15.5. The number of hydrogen-bond donors (Lipinski definition) is 0. The maximum Gasteiger partial charge on any atom is 0.219 e. The molecule has 0 spiro atoms. The number of carbonyl (C=O) groups excluding carboxylic acids is 1. The summed E-state index contributed by atoms with van der Waals surface area (Å²) in [6, 6.07) is 15.5. The number of anilines is 1. The fraction of sp³-hybridized carbons (Fsp3) is 0.368. The molecule has 3 rings (SSSR count). The lowest BCUT2D eigenvalue weighted by Crippen LogP contribution is -2.48. The third kappa shape index (κ3) is 4.09. The minimum absolute atomic E-state index is 0.163. The molecule has 0 saturated carbocycles. The van der Waals surface area contributed by atoms with Gasteiger partial charge >= 0.3 is 0 Å². The lowest BCUT2D eigenvalue weighted by molar-refractivity contribution is -0.129. The zero-order chi connectivity index (χ0) is 16.1. The van der Waals surface area contributed by atoms with E-state index in [1.54, 1.807) is 6.92 Å². The van der Waals surface area contributed by atoms with Crippen molar-refractivity contribution in [3.63, 3.8) is 0 Å². The van der Waals surface area contributed by atoms with E-state index in [1.165, 1.54) is 5.56 Å². The van der Waals surface area contributed by atoms with Crippen LogP contribution < -0.4 is 4.90 Å². The van der Waals surface area contributed by atoms with Gasteiger partial charge in [0.15, 0.2) is 0 Å². The number of nitrogens with zero attached hydrogens (tertiary/aromatic N) is 3. The fourth-order valence-corrected chi connectivity index (χ4v) is 2.89. The SMILES string of the molecule is CC(=O)N1CCN(c2ccc(CCc3c[c]ccc3)nc2)CC1. The van der Waals surface area contributed by atoms with E-state index < -0.39 is 0 Å². The monoisotopic (exact) mass is 308 g/mol. The minimum atomic E-state index is 0.163. The summed E-state index contributed by atoms with van der Waals surface area (Å²) >= 11 is 0. The first-order valence-electron chi connectivity index (χ1n) is 8.13. The molecule has 1 fully saturated rings. The van der Waals surface area contributed by atoms with E-state index in [9.17, 15) is 4.79 Å². The Morgan fingerprint density at radius 1 is 1.17 bits per heavy atom. The molecule has 2 aromatic rings. The zero-order valence-electron chi connectivity index (χ0n) is 13.5. The first-order valence-corrected chi connectivity index (χ1v) is 8.13. The summed E-state index contributed by atoms with van der Waals surface area (Å²) in [6.07, 6.45) is 3.88. The average Bonchev–Trinajstić information content (AvgIpc) is 2.61. The van der Waals surface area contributed by atoms with Gasteiger partial charge in [-0.1, -0.05) is 24.3 Å². The standard InChI is InChI=1S/C19H22N3O/c1-16(23)21-11-13-22(14-12-21)19-10-9-18(20-15-19)8-7-17-5-3-2-4-6-17/h2-3,5-6,9-10,15H,7-8,11-14H2,1H3. The number of benzene rings is 1. The van der Waals surface area contributed by atoms with Gasteiger partial charge in [-0.15, -0.1) is 0 Å². The van der Waals surface area contributed by atoms with Crippen molar-refractivity contribution >= 4 is 11.6 Å². The molecule has 2 heterocycles. The van der Waals surface area contributed by atoms with Crippen LogP contribution in [0.3, 0.4) is 0 Å². The van der Waals surface area contributed by atoms with Gasteiger partial charge in [-0.25, -0.2) is 0 Å². The highest BCUT2D eigenvalue weighted by Crippen LogP contribution is 2.16. The van der Waals surface area contributed by atoms with Crippen molar-refractivity contribution in [2.45, 2.75) is 19.8 Å². The van der Waals surface area contributed by atoms with Crippen LogP contribution in [0.25, 0.3) is 0 Å². The molecule has 119 valence electrons. The number of piperazine rings is 1. The predicted octanol–water partition coefficient (Wildman–Crippen LogP) is 2.34. The second kappa shape index (κ2) is 7.27. The van der Waals surface area contributed by atoms with Crippen molar-refractivity contribution in [3.8, 4) is 0 Å². The Labute approximate surface area is 137 Å². The van der Waals surface area contributed by atoms with Crippen LogP contribution in [-0.2, 0) is 17.6 Å². The summed E-state index contributed by atoms with van der Waals surface area (Å²) in [7, 11) is 0. The number of rotatable bonds is 4. The lowest BCUT2D eigenvalue weighted by Gasteiger charge is -2.35. The van der Waals surface area contributed by atoms with E-state index in [0.29, 0.717) is 0 Å². The molecule has 0 N–H and O–H groups in total. The molecule has 1 aromatic heterocycles. The Bertz CT molecular complexity index is 631. The summed E-state index contributed by atoms with van der Waals surface area (Å²) in [5.41, 5.74) is 3.55. The van der Waals surface area contributed by atoms with E-state index in [0.717, 1.165) is 50.4 Å². The van der Waals surface area contributed by atoms with E-state index in [4.69, 9.17) is 0 Å². The fourth-order valence-electron chi connectivity index (χ4n) is 2.89. The smallest absolute Gasteiger partial charge is 0.219 e. The molecule has 23 heavy (non-hydrogen) atoms. The Hall–Kier alpha value is -2.36. The van der Waals surface area contributed by atoms with Crippen LogP contribution >= 0.6 is 0 Å². The maximum absolute atomic E-state index is 11.4. The quantitative estimate of drug-likeness (QED) is 0.870. The van der Waals surface area contributed by atoms with E-state index in [-0.39, 0.29) is 5.91 Å². The third-order valence-corrected chi connectivity index (χ3v) is 4.34. The van der Waals surface area contributed by atoms with E-state index in [2.05, 4.69) is 34.1 Å². The lowest BCUT2D eigenvalue weighted by atomic mass is 10.1. The van der Waals surface area contributed by atoms with Gasteiger partial charge in [0.1, 0.15) is 0 Å². The van der Waals surface area contributed by atoms with E-state index >= 15 is 0 Å². The topological polar surface area (TPSA) is 36.4 Å². The van der Waals surface area contributed by atoms with E-state index in [1.807, 2.05) is 29.3 Å². The number of carbonyl (C=O) groups is 1. The van der Waals surface area contributed by atoms with Gasteiger partial charge in [-0.3, -0.25) is 9.78 Å². The van der Waals surface area contributed by atoms with Gasteiger partial charge in [-0.05, 0) is 36.6 Å². The molecular formula is C19H22N3O. The summed E-state index contributed by atoms with van der Waals surface area (Å²) in [6.45, 7) is 4.97. The maximum atomic E-state index is 11.4. The molecule has 1 radical (unpaired) electrons. The molecule has 1 aliphatic rings. The van der Waals surface area contributed by atoms with Crippen molar-refractivity contribution in [1.82, 2.24) is 9.88 Å². The highest BCUT2D eigenvalue weighted by atomic mass is 16.2. The molecule has 1 amide bonds. The van der Waals surface area contributed by atoms with Crippen molar-refractivity contribution in [1.29, 1.82) is 0 Å². The van der Waals surface area contributed by atoms with Gasteiger partial charge in [0.05, 0.1) is 11.9 Å². The van der Waals surface area contributed by atoms with Crippen molar-refractivity contribution < 1.29 is 4.79 Å².